The number of carbonyl (C=O) groups is 1. The fourth-order valence-corrected chi connectivity index (χ4v) is 2.30. The van der Waals surface area contributed by atoms with E-state index in [4.69, 9.17) is 5.73 Å². The van der Waals surface area contributed by atoms with E-state index in [0.717, 1.165) is 25.7 Å². The van der Waals surface area contributed by atoms with E-state index in [2.05, 4.69) is 12.2 Å². The van der Waals surface area contributed by atoms with Crippen molar-refractivity contribution in [3.63, 3.8) is 0 Å². The van der Waals surface area contributed by atoms with Crippen molar-refractivity contribution in [2.24, 2.45) is 5.73 Å². The van der Waals surface area contributed by atoms with Crippen LogP contribution in [0.25, 0.3) is 0 Å². The molecule has 0 heterocycles. The van der Waals surface area contributed by atoms with Gasteiger partial charge in [-0.3, -0.25) is 4.79 Å². The second kappa shape index (κ2) is 6.11. The maximum atomic E-state index is 11.7. The van der Waals surface area contributed by atoms with E-state index in [-0.39, 0.29) is 11.4 Å². The summed E-state index contributed by atoms with van der Waals surface area (Å²) in [6.07, 6.45) is 8.50. The van der Waals surface area contributed by atoms with E-state index in [0.29, 0.717) is 13.0 Å². The van der Waals surface area contributed by atoms with Gasteiger partial charge in [-0.15, -0.1) is 0 Å². The Morgan fingerprint density at radius 1 is 1.33 bits per heavy atom. The average molecular weight is 212 g/mol. The monoisotopic (exact) mass is 212 g/mol. The molecular weight excluding hydrogens is 188 g/mol. The van der Waals surface area contributed by atoms with Crippen molar-refractivity contribution in [2.45, 2.75) is 63.8 Å². The fourth-order valence-electron chi connectivity index (χ4n) is 2.30. The Bertz CT molecular complexity index is 198. The molecule has 0 unspecified atom stereocenters. The topological polar surface area (TPSA) is 55.1 Å². The highest BCUT2D eigenvalue weighted by molar-refractivity contribution is 5.76. The predicted octanol–water partition coefficient (Wildman–Crippen LogP) is 1.95. The number of nitrogens with one attached hydrogen (secondary N) is 1. The molecule has 88 valence electrons. The van der Waals surface area contributed by atoms with E-state index < -0.39 is 0 Å². The van der Waals surface area contributed by atoms with Crippen molar-refractivity contribution in [3.05, 3.63) is 0 Å². The van der Waals surface area contributed by atoms with Gasteiger partial charge in [0.2, 0.25) is 5.91 Å². The Morgan fingerprint density at radius 3 is 2.53 bits per heavy atom. The lowest BCUT2D eigenvalue weighted by atomic mass is 9.81. The van der Waals surface area contributed by atoms with Crippen LogP contribution in [0.3, 0.4) is 0 Å². The van der Waals surface area contributed by atoms with Crippen LogP contribution in [-0.2, 0) is 4.79 Å². The zero-order chi connectivity index (χ0) is 11.1. The van der Waals surface area contributed by atoms with Crippen LogP contribution in [0.15, 0.2) is 0 Å². The van der Waals surface area contributed by atoms with Gasteiger partial charge in [-0.25, -0.2) is 0 Å². The molecule has 3 heteroatoms. The standard InChI is InChI=1S/C12H24N2O/c1-2-3-7-11(15)14-12(10-13)8-5-4-6-9-12/h2-10,13H2,1H3,(H,14,15). The summed E-state index contributed by atoms with van der Waals surface area (Å²) in [6, 6.07) is 0. The van der Waals surface area contributed by atoms with Crippen molar-refractivity contribution in [1.82, 2.24) is 5.32 Å². The molecule has 0 aliphatic heterocycles. The highest BCUT2D eigenvalue weighted by Gasteiger charge is 2.31. The van der Waals surface area contributed by atoms with E-state index >= 15 is 0 Å². The summed E-state index contributed by atoms with van der Waals surface area (Å²) in [5, 5.41) is 3.15. The number of hydrogen-bond acceptors (Lipinski definition) is 2. The maximum absolute atomic E-state index is 11.7. The molecule has 1 amide bonds. The number of unbranched alkanes of at least 4 members (excludes halogenated alkanes) is 1. The highest BCUT2D eigenvalue weighted by Crippen LogP contribution is 2.27. The quantitative estimate of drug-likeness (QED) is 0.732. The zero-order valence-corrected chi connectivity index (χ0v) is 9.85. The SMILES string of the molecule is CCCCC(=O)NC1(CN)CCCCC1. The molecule has 1 saturated carbocycles. The average Bonchev–Trinajstić information content (AvgIpc) is 2.27. The summed E-state index contributed by atoms with van der Waals surface area (Å²) < 4.78 is 0. The molecule has 3 nitrogen and oxygen atoms in total. The van der Waals surface area contributed by atoms with Gasteiger partial charge in [0, 0.05) is 13.0 Å². The van der Waals surface area contributed by atoms with Crippen molar-refractivity contribution in [3.8, 4) is 0 Å². The molecule has 0 aromatic heterocycles. The Hall–Kier alpha value is -0.570. The lowest BCUT2D eigenvalue weighted by Gasteiger charge is -2.37. The second-order valence-corrected chi connectivity index (χ2v) is 4.70. The molecule has 3 N–H and O–H groups in total. The Balaban J connectivity index is 2.40. The summed E-state index contributed by atoms with van der Waals surface area (Å²) >= 11 is 0. The lowest BCUT2D eigenvalue weighted by molar-refractivity contribution is -0.123. The molecule has 0 aromatic rings. The molecule has 0 radical (unpaired) electrons. The van der Waals surface area contributed by atoms with Gasteiger partial charge >= 0.3 is 0 Å². The maximum Gasteiger partial charge on any atom is 0.220 e. The van der Waals surface area contributed by atoms with E-state index in [1.807, 2.05) is 0 Å². The summed E-state index contributed by atoms with van der Waals surface area (Å²) in [7, 11) is 0. The molecule has 1 aliphatic rings. The molecule has 0 saturated heterocycles. The first-order chi connectivity index (χ1) is 7.22. The molecule has 1 rings (SSSR count). The summed E-state index contributed by atoms with van der Waals surface area (Å²) in [4.78, 5) is 11.7. The van der Waals surface area contributed by atoms with Gasteiger partial charge in [0.1, 0.15) is 0 Å². The largest absolute Gasteiger partial charge is 0.349 e. The van der Waals surface area contributed by atoms with Gasteiger partial charge in [-0.1, -0.05) is 32.6 Å². The number of rotatable bonds is 5. The summed E-state index contributed by atoms with van der Waals surface area (Å²) in [6.45, 7) is 2.69. The summed E-state index contributed by atoms with van der Waals surface area (Å²) in [5.74, 6) is 0.184. The van der Waals surface area contributed by atoms with E-state index in [1.165, 1.54) is 19.3 Å². The minimum atomic E-state index is -0.0803. The van der Waals surface area contributed by atoms with E-state index in [1.54, 1.807) is 0 Å². The van der Waals surface area contributed by atoms with Crippen molar-refractivity contribution in [1.29, 1.82) is 0 Å². The number of carbonyl (C=O) groups excluding carboxylic acids is 1. The minimum Gasteiger partial charge on any atom is -0.349 e. The Labute approximate surface area is 92.8 Å². The van der Waals surface area contributed by atoms with Crippen LogP contribution in [0.5, 0.6) is 0 Å². The van der Waals surface area contributed by atoms with Crippen LogP contribution in [0.1, 0.15) is 58.3 Å². The minimum absolute atomic E-state index is 0.0803. The lowest BCUT2D eigenvalue weighted by Crippen LogP contribution is -2.54. The Kier molecular flexibility index (Phi) is 5.09. The molecular formula is C12H24N2O. The molecule has 15 heavy (non-hydrogen) atoms. The van der Waals surface area contributed by atoms with Crippen LogP contribution >= 0.6 is 0 Å². The number of nitrogens with two attached hydrogens (primary N) is 1. The molecule has 0 aromatic carbocycles. The first kappa shape index (κ1) is 12.5. The van der Waals surface area contributed by atoms with Gasteiger partial charge in [-0.05, 0) is 19.3 Å². The zero-order valence-electron chi connectivity index (χ0n) is 9.85. The molecule has 1 fully saturated rings. The van der Waals surface area contributed by atoms with Crippen LogP contribution < -0.4 is 11.1 Å². The van der Waals surface area contributed by atoms with Crippen LogP contribution in [0.2, 0.25) is 0 Å². The predicted molar refractivity (Wildman–Crippen MR) is 62.5 cm³/mol. The van der Waals surface area contributed by atoms with Gasteiger partial charge in [0.25, 0.3) is 0 Å². The molecule has 0 bridgehead atoms. The smallest absolute Gasteiger partial charge is 0.220 e. The highest BCUT2D eigenvalue weighted by atomic mass is 16.1. The molecule has 0 atom stereocenters. The van der Waals surface area contributed by atoms with Crippen molar-refractivity contribution < 1.29 is 4.79 Å². The summed E-state index contributed by atoms with van der Waals surface area (Å²) in [5.41, 5.74) is 5.72. The van der Waals surface area contributed by atoms with Gasteiger partial charge in [0.05, 0.1) is 5.54 Å². The van der Waals surface area contributed by atoms with Gasteiger partial charge in [0.15, 0.2) is 0 Å². The van der Waals surface area contributed by atoms with Crippen molar-refractivity contribution in [2.75, 3.05) is 6.54 Å². The number of amides is 1. The normalized spacial score (nSPS) is 19.9. The van der Waals surface area contributed by atoms with E-state index in [9.17, 15) is 4.79 Å². The molecule has 0 spiro atoms. The van der Waals surface area contributed by atoms with Gasteiger partial charge < -0.3 is 11.1 Å². The first-order valence-electron chi connectivity index (χ1n) is 6.23. The third kappa shape index (κ3) is 3.82. The Morgan fingerprint density at radius 2 is 2.00 bits per heavy atom. The second-order valence-electron chi connectivity index (χ2n) is 4.70. The van der Waals surface area contributed by atoms with Crippen LogP contribution in [0.4, 0.5) is 0 Å². The van der Waals surface area contributed by atoms with Gasteiger partial charge in [-0.2, -0.15) is 0 Å². The fraction of sp³-hybridized carbons (Fsp3) is 0.917. The van der Waals surface area contributed by atoms with Crippen LogP contribution in [-0.4, -0.2) is 18.0 Å². The number of hydrogen-bond donors (Lipinski definition) is 2. The third-order valence-electron chi connectivity index (χ3n) is 3.36. The van der Waals surface area contributed by atoms with Crippen molar-refractivity contribution >= 4 is 5.91 Å². The van der Waals surface area contributed by atoms with Crippen LogP contribution in [0, 0.1) is 0 Å². The molecule has 1 aliphatic carbocycles. The first-order valence-corrected chi connectivity index (χ1v) is 6.23. The third-order valence-corrected chi connectivity index (χ3v) is 3.36.